The molecule has 5 atom stereocenters. The molecule has 1 aromatic carbocycles. The molecule has 1 aliphatic heterocycles. The monoisotopic (exact) mass is 274 g/mol. The first-order valence-electron chi connectivity index (χ1n) is 5.75. The van der Waals surface area contributed by atoms with Gasteiger partial charge in [0.05, 0.1) is 6.61 Å². The van der Waals surface area contributed by atoms with E-state index in [0.29, 0.717) is 0 Å². The van der Waals surface area contributed by atoms with E-state index in [1.807, 2.05) is 0 Å². The lowest BCUT2D eigenvalue weighted by molar-refractivity contribution is -0.232. The number of aromatic hydroxyl groups is 1. The Labute approximate surface area is 108 Å². The predicted molar refractivity (Wildman–Crippen MR) is 60.8 cm³/mol. The van der Waals surface area contributed by atoms with Crippen LogP contribution < -0.4 is 0 Å². The van der Waals surface area contributed by atoms with Gasteiger partial charge in [-0.05, 0) is 6.07 Å². The van der Waals surface area contributed by atoms with Gasteiger partial charge >= 0.3 is 0 Å². The Morgan fingerprint density at radius 1 is 1.11 bits per heavy atom. The van der Waals surface area contributed by atoms with Crippen molar-refractivity contribution in [2.75, 3.05) is 6.61 Å². The van der Waals surface area contributed by atoms with E-state index >= 15 is 0 Å². The van der Waals surface area contributed by atoms with Crippen molar-refractivity contribution in [1.82, 2.24) is 0 Å². The highest BCUT2D eigenvalue weighted by Gasteiger charge is 2.44. The van der Waals surface area contributed by atoms with Crippen LogP contribution in [0.3, 0.4) is 0 Å². The van der Waals surface area contributed by atoms with E-state index in [4.69, 9.17) is 9.84 Å². The second-order valence-electron chi connectivity index (χ2n) is 4.43. The zero-order valence-corrected chi connectivity index (χ0v) is 9.85. The van der Waals surface area contributed by atoms with Gasteiger partial charge in [-0.2, -0.15) is 0 Å². The van der Waals surface area contributed by atoms with Gasteiger partial charge in [-0.25, -0.2) is 4.39 Å². The van der Waals surface area contributed by atoms with E-state index in [-0.39, 0.29) is 5.56 Å². The highest BCUT2D eigenvalue weighted by molar-refractivity contribution is 5.32. The van der Waals surface area contributed by atoms with E-state index < -0.39 is 48.7 Å². The molecule has 0 aliphatic carbocycles. The molecule has 2 rings (SSSR count). The van der Waals surface area contributed by atoms with Gasteiger partial charge in [0.1, 0.15) is 30.5 Å². The lowest BCUT2D eigenvalue weighted by Crippen LogP contribution is -2.55. The summed E-state index contributed by atoms with van der Waals surface area (Å²) < 4.78 is 19.0. The van der Waals surface area contributed by atoms with Gasteiger partial charge in [-0.1, -0.05) is 12.1 Å². The maximum atomic E-state index is 13.8. The lowest BCUT2D eigenvalue weighted by atomic mass is 9.91. The number of benzene rings is 1. The SMILES string of the molecule is OC[C@H]1O[C@H](c2cccc(O)c2F)[C@@H](O)[C@@H](O)[C@@H]1O. The molecule has 1 fully saturated rings. The fraction of sp³-hybridized carbons (Fsp3) is 0.500. The molecule has 1 aliphatic rings. The second kappa shape index (κ2) is 5.40. The molecule has 7 heteroatoms. The van der Waals surface area contributed by atoms with E-state index in [2.05, 4.69) is 0 Å². The Balaban J connectivity index is 2.35. The minimum absolute atomic E-state index is 0.156. The zero-order valence-electron chi connectivity index (χ0n) is 9.85. The number of phenols is 1. The van der Waals surface area contributed by atoms with Crippen LogP contribution in [-0.4, -0.2) is 56.6 Å². The molecule has 0 bridgehead atoms. The topological polar surface area (TPSA) is 110 Å². The van der Waals surface area contributed by atoms with Gasteiger partial charge in [-0.3, -0.25) is 0 Å². The van der Waals surface area contributed by atoms with Crippen molar-refractivity contribution in [1.29, 1.82) is 0 Å². The van der Waals surface area contributed by atoms with E-state index in [1.54, 1.807) is 0 Å². The summed E-state index contributed by atoms with van der Waals surface area (Å²) in [6.07, 6.45) is -7.07. The molecule has 1 saturated heterocycles. The Bertz CT molecular complexity index is 452. The highest BCUT2D eigenvalue weighted by Crippen LogP contribution is 2.35. The number of rotatable bonds is 2. The smallest absolute Gasteiger partial charge is 0.170 e. The zero-order chi connectivity index (χ0) is 14.2. The summed E-state index contributed by atoms with van der Waals surface area (Å²) in [6.45, 7) is -0.595. The minimum atomic E-state index is -1.59. The fourth-order valence-corrected chi connectivity index (χ4v) is 2.12. The van der Waals surface area contributed by atoms with Crippen LogP contribution in [0.2, 0.25) is 0 Å². The highest BCUT2D eigenvalue weighted by atomic mass is 19.1. The van der Waals surface area contributed by atoms with Crippen molar-refractivity contribution in [2.45, 2.75) is 30.5 Å². The molecule has 0 spiro atoms. The van der Waals surface area contributed by atoms with Crippen LogP contribution in [0.4, 0.5) is 4.39 Å². The predicted octanol–water partition coefficient (Wildman–Crippen LogP) is -0.954. The van der Waals surface area contributed by atoms with Crippen molar-refractivity contribution in [3.05, 3.63) is 29.6 Å². The molecule has 106 valence electrons. The number of ether oxygens (including phenoxy) is 1. The minimum Gasteiger partial charge on any atom is -0.505 e. The summed E-state index contributed by atoms with van der Waals surface area (Å²) in [4.78, 5) is 0. The number of hydrogen-bond acceptors (Lipinski definition) is 6. The van der Waals surface area contributed by atoms with Gasteiger partial charge in [0.25, 0.3) is 0 Å². The first-order valence-corrected chi connectivity index (χ1v) is 5.75. The van der Waals surface area contributed by atoms with Gasteiger partial charge < -0.3 is 30.3 Å². The Kier molecular flexibility index (Phi) is 4.02. The molecule has 0 unspecified atom stereocenters. The van der Waals surface area contributed by atoms with Crippen LogP contribution >= 0.6 is 0 Å². The summed E-state index contributed by atoms with van der Waals surface area (Å²) in [5.74, 6) is -1.60. The summed E-state index contributed by atoms with van der Waals surface area (Å²) >= 11 is 0. The average Bonchev–Trinajstić information content (AvgIpc) is 2.40. The third-order valence-electron chi connectivity index (χ3n) is 3.21. The van der Waals surface area contributed by atoms with Crippen LogP contribution in [0, 0.1) is 5.82 Å². The molecular weight excluding hydrogens is 259 g/mol. The molecular formula is C12H15FO6. The molecule has 0 amide bonds. The maximum Gasteiger partial charge on any atom is 0.170 e. The molecule has 5 N–H and O–H groups in total. The van der Waals surface area contributed by atoms with Crippen LogP contribution in [0.5, 0.6) is 5.75 Å². The van der Waals surface area contributed by atoms with Gasteiger partial charge in [-0.15, -0.1) is 0 Å². The molecule has 1 aromatic rings. The van der Waals surface area contributed by atoms with Crippen molar-refractivity contribution < 1.29 is 34.7 Å². The summed E-state index contributed by atoms with van der Waals surface area (Å²) in [5, 5.41) is 47.4. The largest absolute Gasteiger partial charge is 0.505 e. The number of aliphatic hydroxyl groups excluding tert-OH is 4. The number of phenolic OH excluding ortho intramolecular Hbond substituents is 1. The summed E-state index contributed by atoms with van der Waals surface area (Å²) in [6, 6.07) is 3.76. The molecule has 19 heavy (non-hydrogen) atoms. The molecule has 0 radical (unpaired) electrons. The Morgan fingerprint density at radius 2 is 1.79 bits per heavy atom. The van der Waals surface area contributed by atoms with Crippen molar-refractivity contribution in [2.24, 2.45) is 0 Å². The van der Waals surface area contributed by atoms with Crippen molar-refractivity contribution in [3.63, 3.8) is 0 Å². The van der Waals surface area contributed by atoms with Crippen molar-refractivity contribution in [3.8, 4) is 5.75 Å². The lowest BCUT2D eigenvalue weighted by Gasteiger charge is -2.40. The first kappa shape index (κ1) is 14.2. The normalized spacial score (nSPS) is 35.3. The van der Waals surface area contributed by atoms with Crippen molar-refractivity contribution >= 4 is 0 Å². The fourth-order valence-electron chi connectivity index (χ4n) is 2.12. The Morgan fingerprint density at radius 3 is 2.42 bits per heavy atom. The van der Waals surface area contributed by atoms with Gasteiger partial charge in [0.15, 0.2) is 11.6 Å². The Hall–Kier alpha value is -1.25. The third kappa shape index (κ3) is 2.43. The number of hydrogen-bond donors (Lipinski definition) is 5. The molecule has 1 heterocycles. The van der Waals surface area contributed by atoms with E-state index in [0.717, 1.165) is 6.07 Å². The van der Waals surface area contributed by atoms with Crippen LogP contribution in [0.25, 0.3) is 0 Å². The van der Waals surface area contributed by atoms with Gasteiger partial charge in [0, 0.05) is 5.56 Å². The summed E-state index contributed by atoms with van der Waals surface area (Å²) in [5.41, 5.74) is -0.156. The van der Waals surface area contributed by atoms with Crippen LogP contribution in [-0.2, 0) is 4.74 Å². The number of aliphatic hydroxyl groups is 4. The second-order valence-corrected chi connectivity index (χ2v) is 4.43. The van der Waals surface area contributed by atoms with Crippen LogP contribution in [0.1, 0.15) is 11.7 Å². The first-order chi connectivity index (χ1) is 8.97. The molecule has 0 aromatic heterocycles. The van der Waals surface area contributed by atoms with E-state index in [1.165, 1.54) is 12.1 Å². The quantitative estimate of drug-likeness (QED) is 0.475. The molecule has 0 saturated carbocycles. The maximum absolute atomic E-state index is 13.8. The number of halogens is 1. The molecule has 6 nitrogen and oxygen atoms in total. The van der Waals surface area contributed by atoms with Gasteiger partial charge in [0.2, 0.25) is 0 Å². The van der Waals surface area contributed by atoms with Crippen LogP contribution in [0.15, 0.2) is 18.2 Å². The third-order valence-corrected chi connectivity index (χ3v) is 3.21. The average molecular weight is 274 g/mol. The standard InChI is InChI=1S/C12H15FO6/c13-8-5(2-1-3-6(8)15)12-11(18)10(17)9(16)7(4-14)19-12/h1-3,7,9-12,14-18H,4H2/t7-,9-,10+,11+,12-/m1/s1. The summed E-state index contributed by atoms with van der Waals surface area (Å²) in [7, 11) is 0. The van der Waals surface area contributed by atoms with E-state index in [9.17, 15) is 24.8 Å².